The summed E-state index contributed by atoms with van der Waals surface area (Å²) in [5, 5.41) is 0.416. The zero-order valence-electron chi connectivity index (χ0n) is 7.82. The number of hydrogen-bond donors (Lipinski definition) is 0. The van der Waals surface area contributed by atoms with Gasteiger partial charge in [0.05, 0.1) is 11.6 Å². The Morgan fingerprint density at radius 2 is 1.80 bits per heavy atom. The molecule has 0 aliphatic carbocycles. The van der Waals surface area contributed by atoms with E-state index in [0.717, 1.165) is 11.3 Å². The summed E-state index contributed by atoms with van der Waals surface area (Å²) in [5.74, 6) is 0.945. The number of benzene rings is 1. The zero-order chi connectivity index (χ0) is 10.7. The normalized spacial score (nSPS) is 10.3. The molecule has 76 valence electrons. The minimum Gasteiger partial charge on any atom is -0.232 e. The molecule has 0 spiro atoms. The van der Waals surface area contributed by atoms with Gasteiger partial charge in [0.25, 0.3) is 0 Å². The van der Waals surface area contributed by atoms with Crippen LogP contribution in [0.3, 0.4) is 0 Å². The van der Waals surface area contributed by atoms with Crippen LogP contribution in [0, 0.1) is 0 Å². The third kappa shape index (κ3) is 2.46. The Morgan fingerprint density at radius 1 is 1.07 bits per heavy atom. The summed E-state index contributed by atoms with van der Waals surface area (Å²) in [6, 6.07) is 11.3. The highest BCUT2D eigenvalue weighted by Crippen LogP contribution is 2.18. The van der Waals surface area contributed by atoms with Crippen molar-refractivity contribution in [3.8, 4) is 11.4 Å². The summed E-state index contributed by atoms with van der Waals surface area (Å²) >= 11 is 11.6. The maximum absolute atomic E-state index is 5.87. The molecule has 1 heterocycles. The molecule has 0 bridgehead atoms. The van der Waals surface area contributed by atoms with E-state index in [9.17, 15) is 0 Å². The van der Waals surface area contributed by atoms with Gasteiger partial charge in [-0.15, -0.1) is 11.6 Å². The minimum atomic E-state index is 0.335. The first kappa shape index (κ1) is 10.4. The first-order chi connectivity index (χ1) is 7.29. The molecule has 0 amide bonds. The van der Waals surface area contributed by atoms with Crippen LogP contribution in [0.5, 0.6) is 0 Å². The monoisotopic (exact) mass is 238 g/mol. The van der Waals surface area contributed by atoms with Crippen molar-refractivity contribution >= 4 is 23.2 Å². The zero-order valence-corrected chi connectivity index (χ0v) is 9.33. The van der Waals surface area contributed by atoms with E-state index in [1.165, 1.54) is 0 Å². The fraction of sp³-hybridized carbons (Fsp3) is 0.0909. The van der Waals surface area contributed by atoms with Crippen molar-refractivity contribution in [1.82, 2.24) is 9.97 Å². The Bertz CT molecular complexity index is 457. The van der Waals surface area contributed by atoms with Gasteiger partial charge in [0.2, 0.25) is 0 Å². The van der Waals surface area contributed by atoms with Crippen molar-refractivity contribution in [1.29, 1.82) is 0 Å². The van der Waals surface area contributed by atoms with Crippen LogP contribution in [0.2, 0.25) is 5.15 Å². The first-order valence-electron chi connectivity index (χ1n) is 4.44. The molecule has 2 nitrogen and oxygen atoms in total. The summed E-state index contributed by atoms with van der Waals surface area (Å²) in [5.41, 5.74) is 1.67. The van der Waals surface area contributed by atoms with Crippen LogP contribution in [0.25, 0.3) is 11.4 Å². The Hall–Kier alpha value is -1.12. The van der Waals surface area contributed by atoms with Crippen LogP contribution in [0.4, 0.5) is 0 Å². The third-order valence-electron chi connectivity index (χ3n) is 1.92. The predicted octanol–water partition coefficient (Wildman–Crippen LogP) is 3.54. The van der Waals surface area contributed by atoms with Crippen LogP contribution < -0.4 is 0 Å². The molecule has 1 aromatic carbocycles. The standard InChI is InChI=1S/C11H8Cl2N2/c12-7-9-6-10(13)15-11(14-9)8-4-2-1-3-5-8/h1-6H,7H2. The molecule has 1 aromatic heterocycles. The maximum atomic E-state index is 5.87. The lowest BCUT2D eigenvalue weighted by atomic mass is 10.2. The third-order valence-corrected chi connectivity index (χ3v) is 2.38. The van der Waals surface area contributed by atoms with Gasteiger partial charge in [0.15, 0.2) is 5.82 Å². The van der Waals surface area contributed by atoms with Crippen LogP contribution in [-0.4, -0.2) is 9.97 Å². The molecule has 0 saturated heterocycles. The average Bonchev–Trinajstić information content (AvgIpc) is 2.29. The van der Waals surface area contributed by atoms with E-state index >= 15 is 0 Å². The number of nitrogens with zero attached hydrogens (tertiary/aromatic N) is 2. The van der Waals surface area contributed by atoms with Gasteiger partial charge in [0, 0.05) is 5.56 Å². The highest BCUT2D eigenvalue weighted by atomic mass is 35.5. The van der Waals surface area contributed by atoms with Crippen LogP contribution >= 0.6 is 23.2 Å². The van der Waals surface area contributed by atoms with E-state index < -0.39 is 0 Å². The van der Waals surface area contributed by atoms with Gasteiger partial charge >= 0.3 is 0 Å². The number of aromatic nitrogens is 2. The average molecular weight is 239 g/mol. The van der Waals surface area contributed by atoms with Crippen molar-refractivity contribution < 1.29 is 0 Å². The second kappa shape index (κ2) is 4.60. The van der Waals surface area contributed by atoms with E-state index in [1.54, 1.807) is 6.07 Å². The molecule has 0 atom stereocenters. The van der Waals surface area contributed by atoms with Crippen molar-refractivity contribution in [3.63, 3.8) is 0 Å². The molecule has 0 aliphatic heterocycles. The summed E-state index contributed by atoms with van der Waals surface area (Å²) in [4.78, 5) is 8.44. The highest BCUT2D eigenvalue weighted by Gasteiger charge is 2.04. The quantitative estimate of drug-likeness (QED) is 0.591. The molecule has 0 radical (unpaired) electrons. The Kier molecular flexibility index (Phi) is 3.19. The van der Waals surface area contributed by atoms with E-state index in [4.69, 9.17) is 23.2 Å². The van der Waals surface area contributed by atoms with Gasteiger partial charge in [-0.05, 0) is 6.07 Å². The van der Waals surface area contributed by atoms with Gasteiger partial charge in [-0.1, -0.05) is 41.9 Å². The van der Waals surface area contributed by atoms with E-state index in [-0.39, 0.29) is 0 Å². The van der Waals surface area contributed by atoms with E-state index in [2.05, 4.69) is 9.97 Å². The lowest BCUT2D eigenvalue weighted by molar-refractivity contribution is 1.09. The smallest absolute Gasteiger partial charge is 0.161 e. The Labute approximate surface area is 97.9 Å². The summed E-state index contributed by atoms with van der Waals surface area (Å²) in [6.45, 7) is 0. The van der Waals surface area contributed by atoms with E-state index in [0.29, 0.717) is 16.9 Å². The number of rotatable bonds is 2. The minimum absolute atomic E-state index is 0.335. The molecule has 0 N–H and O–H groups in total. The molecular formula is C11H8Cl2N2. The molecule has 0 saturated carbocycles. The van der Waals surface area contributed by atoms with Gasteiger partial charge in [-0.25, -0.2) is 9.97 Å². The lowest BCUT2D eigenvalue weighted by Gasteiger charge is -2.02. The number of halogens is 2. The molecular weight excluding hydrogens is 231 g/mol. The summed E-state index contributed by atoms with van der Waals surface area (Å²) < 4.78 is 0. The van der Waals surface area contributed by atoms with Crippen molar-refractivity contribution in [3.05, 3.63) is 47.2 Å². The van der Waals surface area contributed by atoms with Gasteiger partial charge in [0.1, 0.15) is 5.15 Å². The maximum Gasteiger partial charge on any atom is 0.161 e. The molecule has 4 heteroatoms. The second-order valence-electron chi connectivity index (χ2n) is 3.01. The fourth-order valence-electron chi connectivity index (χ4n) is 1.25. The predicted molar refractivity (Wildman–Crippen MR) is 62.0 cm³/mol. The molecule has 2 rings (SSSR count). The fourth-order valence-corrected chi connectivity index (χ4v) is 1.59. The molecule has 15 heavy (non-hydrogen) atoms. The van der Waals surface area contributed by atoms with E-state index in [1.807, 2.05) is 30.3 Å². The molecule has 0 fully saturated rings. The van der Waals surface area contributed by atoms with Crippen LogP contribution in [0.15, 0.2) is 36.4 Å². The van der Waals surface area contributed by atoms with Crippen molar-refractivity contribution in [2.45, 2.75) is 5.88 Å². The largest absolute Gasteiger partial charge is 0.232 e. The highest BCUT2D eigenvalue weighted by molar-refractivity contribution is 6.29. The number of alkyl halides is 1. The summed E-state index contributed by atoms with van der Waals surface area (Å²) in [6.07, 6.45) is 0. The van der Waals surface area contributed by atoms with Gasteiger partial charge in [-0.2, -0.15) is 0 Å². The lowest BCUT2D eigenvalue weighted by Crippen LogP contribution is -1.93. The topological polar surface area (TPSA) is 25.8 Å². The van der Waals surface area contributed by atoms with Gasteiger partial charge in [-0.3, -0.25) is 0 Å². The molecule has 0 unspecified atom stereocenters. The van der Waals surface area contributed by atoms with Crippen molar-refractivity contribution in [2.75, 3.05) is 0 Å². The Morgan fingerprint density at radius 3 is 2.47 bits per heavy atom. The molecule has 2 aromatic rings. The van der Waals surface area contributed by atoms with Gasteiger partial charge < -0.3 is 0 Å². The second-order valence-corrected chi connectivity index (χ2v) is 3.66. The first-order valence-corrected chi connectivity index (χ1v) is 5.35. The van der Waals surface area contributed by atoms with Crippen LogP contribution in [0.1, 0.15) is 5.69 Å². The number of hydrogen-bond acceptors (Lipinski definition) is 2. The van der Waals surface area contributed by atoms with Crippen molar-refractivity contribution in [2.24, 2.45) is 0 Å². The van der Waals surface area contributed by atoms with Crippen LogP contribution in [-0.2, 0) is 5.88 Å². The Balaban J connectivity index is 2.49. The summed E-state index contributed by atoms with van der Waals surface area (Å²) in [7, 11) is 0. The SMILES string of the molecule is ClCc1cc(Cl)nc(-c2ccccc2)n1. The molecule has 0 aliphatic rings.